The molecule has 6 nitrogen and oxygen atoms in total. The second-order valence-corrected chi connectivity index (χ2v) is 7.74. The molecule has 1 saturated heterocycles. The lowest BCUT2D eigenvalue weighted by molar-refractivity contribution is -0.159. The Morgan fingerprint density at radius 1 is 0.933 bits per heavy atom. The van der Waals surface area contributed by atoms with Gasteiger partial charge in [0.05, 0.1) is 0 Å². The van der Waals surface area contributed by atoms with Crippen LogP contribution in [0.3, 0.4) is 0 Å². The van der Waals surface area contributed by atoms with Crippen molar-refractivity contribution >= 4 is 11.9 Å². The van der Waals surface area contributed by atoms with E-state index in [4.69, 9.17) is 19.8 Å². The van der Waals surface area contributed by atoms with Crippen LogP contribution in [0.5, 0.6) is 0 Å². The molecule has 1 aliphatic rings. The van der Waals surface area contributed by atoms with Gasteiger partial charge in [-0.15, -0.1) is 0 Å². The van der Waals surface area contributed by atoms with Crippen LogP contribution in [-0.2, 0) is 22.6 Å². The number of carboxylic acids is 2. The molecule has 0 amide bonds. The number of piperidine rings is 1. The van der Waals surface area contributed by atoms with Crippen molar-refractivity contribution in [3.05, 3.63) is 71.8 Å². The molecule has 2 aromatic carbocycles. The highest BCUT2D eigenvalue weighted by atomic mass is 16.4. The van der Waals surface area contributed by atoms with Crippen molar-refractivity contribution in [2.24, 2.45) is 0 Å². The minimum absolute atomic E-state index is 0.593. The number of benzene rings is 2. The van der Waals surface area contributed by atoms with Crippen molar-refractivity contribution in [3.8, 4) is 0 Å². The molecular formula is C24H32N2O4. The fraction of sp³-hybridized carbons (Fsp3) is 0.417. The van der Waals surface area contributed by atoms with Crippen LogP contribution in [0.25, 0.3) is 0 Å². The van der Waals surface area contributed by atoms with Crippen molar-refractivity contribution in [2.45, 2.75) is 51.2 Å². The molecule has 2 aromatic rings. The van der Waals surface area contributed by atoms with Gasteiger partial charge in [0, 0.05) is 18.6 Å². The average Bonchev–Trinajstić information content (AvgIpc) is 2.75. The maximum absolute atomic E-state index is 9.10. The number of carboxylic acid groups (broad SMARTS) is 2. The zero-order chi connectivity index (χ0) is 21.8. The first kappa shape index (κ1) is 23.6. The maximum atomic E-state index is 9.10. The van der Waals surface area contributed by atoms with Gasteiger partial charge in [-0.1, -0.05) is 60.7 Å². The summed E-state index contributed by atoms with van der Waals surface area (Å²) in [5.74, 6) is -3.65. The summed E-state index contributed by atoms with van der Waals surface area (Å²) >= 11 is 0. The van der Waals surface area contributed by atoms with Crippen molar-refractivity contribution in [1.29, 1.82) is 0 Å². The van der Waals surface area contributed by atoms with E-state index in [1.54, 1.807) is 0 Å². The van der Waals surface area contributed by atoms with Crippen LogP contribution in [0.2, 0.25) is 0 Å². The van der Waals surface area contributed by atoms with Crippen LogP contribution < -0.4 is 5.32 Å². The third kappa shape index (κ3) is 9.20. The highest BCUT2D eigenvalue weighted by molar-refractivity contribution is 6.27. The molecule has 30 heavy (non-hydrogen) atoms. The van der Waals surface area contributed by atoms with Crippen LogP contribution >= 0.6 is 0 Å². The first-order chi connectivity index (χ1) is 14.4. The Morgan fingerprint density at radius 2 is 1.43 bits per heavy atom. The third-order valence-electron chi connectivity index (χ3n) is 5.25. The molecule has 0 aromatic heterocycles. The summed E-state index contributed by atoms with van der Waals surface area (Å²) < 4.78 is 0. The normalized spacial score (nSPS) is 15.6. The van der Waals surface area contributed by atoms with Gasteiger partial charge in [0.2, 0.25) is 0 Å². The average molecular weight is 413 g/mol. The van der Waals surface area contributed by atoms with Gasteiger partial charge in [0.25, 0.3) is 0 Å². The van der Waals surface area contributed by atoms with Gasteiger partial charge in [-0.05, 0) is 56.8 Å². The molecule has 6 heteroatoms. The van der Waals surface area contributed by atoms with E-state index in [1.165, 1.54) is 49.9 Å². The molecule has 1 aliphatic heterocycles. The minimum atomic E-state index is -1.82. The number of rotatable bonds is 7. The van der Waals surface area contributed by atoms with Crippen molar-refractivity contribution in [2.75, 3.05) is 13.1 Å². The Bertz CT molecular complexity index is 747. The van der Waals surface area contributed by atoms with Crippen molar-refractivity contribution in [3.63, 3.8) is 0 Å². The SMILES string of the molecule is CC(CCc1ccccc1)NC1CCN(Cc2ccccc2)CC1.O=C(O)C(=O)O. The number of aryl methyl sites for hydroxylation is 1. The number of aliphatic carboxylic acids is 2. The largest absolute Gasteiger partial charge is 0.473 e. The summed E-state index contributed by atoms with van der Waals surface area (Å²) in [4.78, 5) is 20.8. The standard InChI is InChI=1S/C22H30N2.C2H2O4/c1-19(12-13-20-8-4-2-5-9-20)23-22-14-16-24(17-15-22)18-21-10-6-3-7-11-21;3-1(4)2(5)6/h2-11,19,22-23H,12-18H2,1H3;(H,3,4)(H,5,6). The monoisotopic (exact) mass is 412 g/mol. The summed E-state index contributed by atoms with van der Waals surface area (Å²) in [7, 11) is 0. The fourth-order valence-corrected chi connectivity index (χ4v) is 3.61. The molecule has 3 N–H and O–H groups in total. The molecule has 0 bridgehead atoms. The highest BCUT2D eigenvalue weighted by Crippen LogP contribution is 2.15. The van der Waals surface area contributed by atoms with E-state index < -0.39 is 11.9 Å². The number of nitrogens with one attached hydrogen (secondary N) is 1. The molecule has 3 rings (SSSR count). The minimum Gasteiger partial charge on any atom is -0.473 e. The van der Waals surface area contributed by atoms with Gasteiger partial charge in [-0.2, -0.15) is 0 Å². The first-order valence-electron chi connectivity index (χ1n) is 10.5. The molecular weight excluding hydrogens is 380 g/mol. The van der Waals surface area contributed by atoms with Crippen molar-refractivity contribution < 1.29 is 19.8 Å². The molecule has 1 unspecified atom stereocenters. The van der Waals surface area contributed by atoms with E-state index in [0.29, 0.717) is 12.1 Å². The van der Waals surface area contributed by atoms with E-state index in [2.05, 4.69) is 77.8 Å². The number of carbonyl (C=O) groups is 2. The van der Waals surface area contributed by atoms with Crippen LogP contribution in [0.1, 0.15) is 37.3 Å². The zero-order valence-corrected chi connectivity index (χ0v) is 17.5. The Morgan fingerprint density at radius 3 is 1.93 bits per heavy atom. The van der Waals surface area contributed by atoms with E-state index in [-0.39, 0.29) is 0 Å². The van der Waals surface area contributed by atoms with Gasteiger partial charge >= 0.3 is 11.9 Å². The quantitative estimate of drug-likeness (QED) is 0.604. The van der Waals surface area contributed by atoms with Crippen LogP contribution in [-0.4, -0.2) is 52.2 Å². The number of hydrogen-bond donors (Lipinski definition) is 3. The number of likely N-dealkylation sites (tertiary alicyclic amines) is 1. The Hall–Kier alpha value is -2.70. The van der Waals surface area contributed by atoms with Gasteiger partial charge < -0.3 is 15.5 Å². The predicted molar refractivity (Wildman–Crippen MR) is 117 cm³/mol. The molecule has 0 aliphatic carbocycles. The Labute approximate surface area is 178 Å². The summed E-state index contributed by atoms with van der Waals surface area (Å²) in [6.07, 6.45) is 4.92. The Balaban J connectivity index is 0.000000469. The van der Waals surface area contributed by atoms with Crippen LogP contribution in [0.15, 0.2) is 60.7 Å². The molecule has 0 radical (unpaired) electrons. The van der Waals surface area contributed by atoms with E-state index in [0.717, 1.165) is 6.54 Å². The lowest BCUT2D eigenvalue weighted by Gasteiger charge is -2.34. The number of hydrogen-bond acceptors (Lipinski definition) is 4. The summed E-state index contributed by atoms with van der Waals surface area (Å²) in [6.45, 7) is 5.84. The summed E-state index contributed by atoms with van der Waals surface area (Å²) in [5.41, 5.74) is 2.88. The van der Waals surface area contributed by atoms with E-state index >= 15 is 0 Å². The first-order valence-corrected chi connectivity index (χ1v) is 10.5. The zero-order valence-electron chi connectivity index (χ0n) is 17.5. The second kappa shape index (κ2) is 12.8. The summed E-state index contributed by atoms with van der Waals surface area (Å²) in [5, 5.41) is 18.6. The smallest absolute Gasteiger partial charge is 0.414 e. The van der Waals surface area contributed by atoms with E-state index in [1.807, 2.05) is 0 Å². The maximum Gasteiger partial charge on any atom is 0.414 e. The molecule has 1 fully saturated rings. The van der Waals surface area contributed by atoms with Gasteiger partial charge in [0.1, 0.15) is 0 Å². The topological polar surface area (TPSA) is 89.9 Å². The molecule has 1 heterocycles. The Kier molecular flexibility index (Phi) is 10.0. The lowest BCUT2D eigenvalue weighted by atomic mass is 10.0. The van der Waals surface area contributed by atoms with E-state index in [9.17, 15) is 0 Å². The van der Waals surface area contributed by atoms with Gasteiger partial charge in [-0.3, -0.25) is 4.90 Å². The second-order valence-electron chi connectivity index (χ2n) is 7.74. The predicted octanol–water partition coefficient (Wildman–Crippen LogP) is 3.42. The molecule has 1 atom stereocenters. The lowest BCUT2D eigenvalue weighted by Crippen LogP contribution is -2.45. The molecule has 0 spiro atoms. The molecule has 162 valence electrons. The van der Waals surface area contributed by atoms with Gasteiger partial charge in [0.15, 0.2) is 0 Å². The molecule has 0 saturated carbocycles. The summed E-state index contributed by atoms with van der Waals surface area (Å²) in [6, 6.07) is 22.9. The highest BCUT2D eigenvalue weighted by Gasteiger charge is 2.20. The number of nitrogens with zero attached hydrogens (tertiary/aromatic N) is 1. The third-order valence-corrected chi connectivity index (χ3v) is 5.25. The van der Waals surface area contributed by atoms with Crippen molar-refractivity contribution in [1.82, 2.24) is 10.2 Å². The van der Waals surface area contributed by atoms with Crippen LogP contribution in [0, 0.1) is 0 Å². The fourth-order valence-electron chi connectivity index (χ4n) is 3.61. The van der Waals surface area contributed by atoms with Crippen LogP contribution in [0.4, 0.5) is 0 Å². The van der Waals surface area contributed by atoms with Gasteiger partial charge in [-0.25, -0.2) is 9.59 Å².